The lowest BCUT2D eigenvalue weighted by atomic mass is 10.1. The highest BCUT2D eigenvalue weighted by molar-refractivity contribution is 6.30. The van der Waals surface area contributed by atoms with Crippen molar-refractivity contribution in [1.29, 1.82) is 0 Å². The molecule has 4 bridgehead atoms. The molecule has 0 spiro atoms. The van der Waals surface area contributed by atoms with E-state index >= 15 is 0 Å². The highest BCUT2D eigenvalue weighted by Gasteiger charge is 2.22. The van der Waals surface area contributed by atoms with Crippen LogP contribution in [-0.2, 0) is 9.47 Å². The number of cyclic esters (lactones) is 1. The van der Waals surface area contributed by atoms with Crippen LogP contribution in [0.4, 0.5) is 4.39 Å². The Hall–Kier alpha value is -3.08. The van der Waals surface area contributed by atoms with Crippen LogP contribution in [0.1, 0.15) is 52.8 Å². The first-order valence-corrected chi connectivity index (χ1v) is 14.4. The van der Waals surface area contributed by atoms with Gasteiger partial charge in [0, 0.05) is 26.2 Å². The lowest BCUT2D eigenvalue weighted by Gasteiger charge is -2.24. The molecule has 2 aromatic carbocycles. The second-order valence-electron chi connectivity index (χ2n) is 10.2. The molecule has 2 aliphatic rings. The summed E-state index contributed by atoms with van der Waals surface area (Å²) in [5.74, 6) is -0.631. The molecule has 3 unspecified atom stereocenters. The first kappa shape index (κ1) is 30.9. The maximum Gasteiger partial charge on any atom is 0.338 e. The average molecular weight is 593 g/mol. The number of benzene rings is 2. The van der Waals surface area contributed by atoms with E-state index in [0.717, 1.165) is 58.2 Å². The average Bonchev–Trinajstić information content (AvgIpc) is 3.21. The zero-order valence-electron chi connectivity index (χ0n) is 23.7. The van der Waals surface area contributed by atoms with Gasteiger partial charge in [-0.1, -0.05) is 11.6 Å². The number of nitrogens with zero attached hydrogens (tertiary/aromatic N) is 2. The van der Waals surface area contributed by atoms with Crippen LogP contribution in [0, 0.1) is 5.82 Å². The minimum atomic E-state index is -0.667. The molecule has 0 N–H and O–H groups in total. The highest BCUT2D eigenvalue weighted by Crippen LogP contribution is 2.39. The molecule has 1 fully saturated rings. The number of hydrogen-bond donors (Lipinski definition) is 0. The van der Waals surface area contributed by atoms with Crippen LogP contribution in [0.25, 0.3) is 0 Å². The molecular weight excluding hydrogens is 555 g/mol. The Morgan fingerprint density at radius 3 is 2.37 bits per heavy atom. The van der Waals surface area contributed by atoms with Gasteiger partial charge in [0.05, 0.1) is 43.6 Å². The minimum Gasteiger partial charge on any atom is -0.493 e. The summed E-state index contributed by atoms with van der Waals surface area (Å²) in [6.45, 7) is 5.93. The van der Waals surface area contributed by atoms with Gasteiger partial charge in [0.25, 0.3) is 0 Å². The van der Waals surface area contributed by atoms with Crippen molar-refractivity contribution in [3.05, 3.63) is 52.3 Å². The molecule has 1 saturated heterocycles. The van der Waals surface area contributed by atoms with Gasteiger partial charge in [0.2, 0.25) is 5.75 Å². The van der Waals surface area contributed by atoms with Crippen molar-refractivity contribution in [3.8, 4) is 17.2 Å². The number of carbonyl (C=O) groups excluding carboxylic acids is 2. The topological polar surface area (TPSA) is 86.8 Å². The lowest BCUT2D eigenvalue weighted by molar-refractivity contribution is 0.0221. The van der Waals surface area contributed by atoms with E-state index in [1.165, 1.54) is 26.4 Å². The maximum absolute atomic E-state index is 14.0. The molecule has 0 aromatic heterocycles. The van der Waals surface area contributed by atoms with Crippen molar-refractivity contribution in [2.75, 3.05) is 66.7 Å². The number of hydrogen-bond acceptors (Lipinski definition) is 9. The predicted molar refractivity (Wildman–Crippen MR) is 152 cm³/mol. The van der Waals surface area contributed by atoms with E-state index in [1.807, 2.05) is 0 Å². The molecule has 0 radical (unpaired) electrons. The molecular formula is C30H38ClFN2O7. The Bertz CT molecular complexity index is 1200. The van der Waals surface area contributed by atoms with Crippen molar-refractivity contribution < 1.29 is 37.7 Å². The van der Waals surface area contributed by atoms with Gasteiger partial charge < -0.3 is 33.5 Å². The first-order chi connectivity index (χ1) is 19.9. The SMILES string of the molecule is COc1cc2cc(c1OC)OCCCC(OC(=O)c1ccc(Cl)c(F)c1)CCN1CCCN(CCCOC2=O)CC1. The van der Waals surface area contributed by atoms with Crippen LogP contribution in [0.15, 0.2) is 30.3 Å². The highest BCUT2D eigenvalue weighted by atomic mass is 35.5. The number of fused-ring (bicyclic) bond motifs is 5. The zero-order valence-corrected chi connectivity index (χ0v) is 24.4. The van der Waals surface area contributed by atoms with Gasteiger partial charge in [-0.2, -0.15) is 0 Å². The van der Waals surface area contributed by atoms with Crippen LogP contribution < -0.4 is 14.2 Å². The Morgan fingerprint density at radius 1 is 0.902 bits per heavy atom. The Kier molecular flexibility index (Phi) is 11.5. The molecule has 2 heterocycles. The molecule has 2 aromatic rings. The first-order valence-electron chi connectivity index (χ1n) is 14.0. The molecule has 11 heteroatoms. The van der Waals surface area contributed by atoms with Crippen molar-refractivity contribution in [2.24, 2.45) is 0 Å². The number of ether oxygens (including phenoxy) is 5. The van der Waals surface area contributed by atoms with Crippen LogP contribution in [0.3, 0.4) is 0 Å². The van der Waals surface area contributed by atoms with Gasteiger partial charge in [-0.15, -0.1) is 0 Å². The van der Waals surface area contributed by atoms with Gasteiger partial charge in [-0.25, -0.2) is 14.0 Å². The van der Waals surface area contributed by atoms with Gasteiger partial charge in [0.1, 0.15) is 11.9 Å². The number of esters is 2. The summed E-state index contributed by atoms with van der Waals surface area (Å²) < 4.78 is 42.3. The molecule has 0 aliphatic carbocycles. The third-order valence-electron chi connectivity index (χ3n) is 7.34. The summed E-state index contributed by atoms with van der Waals surface area (Å²) in [5, 5.41) is -0.0507. The van der Waals surface area contributed by atoms with E-state index in [1.54, 1.807) is 12.1 Å². The van der Waals surface area contributed by atoms with Crippen molar-refractivity contribution in [2.45, 2.75) is 38.2 Å². The standard InChI is InChI=1S/C30H38ClFN2O7/c1-37-26-19-22-20-27(28(26)38-2)39-16-3-6-23(41-30(36)21-7-8-24(31)25(32)18-21)9-13-34-11-4-10-33(14-15-34)12-5-17-40-29(22)35/h7-8,18-20,23H,3-6,9-17H2,1-2H3. The van der Waals surface area contributed by atoms with E-state index in [-0.39, 0.29) is 17.2 Å². The van der Waals surface area contributed by atoms with Crippen LogP contribution in [-0.4, -0.2) is 94.5 Å². The molecule has 2 aliphatic heterocycles. The van der Waals surface area contributed by atoms with Crippen molar-refractivity contribution in [3.63, 3.8) is 0 Å². The summed E-state index contributed by atoms with van der Waals surface area (Å²) in [5.41, 5.74) is 0.424. The molecule has 41 heavy (non-hydrogen) atoms. The minimum absolute atomic E-state index is 0.0507. The third-order valence-corrected chi connectivity index (χ3v) is 7.64. The molecule has 224 valence electrons. The predicted octanol–water partition coefficient (Wildman–Crippen LogP) is 4.84. The molecule has 3 atom stereocenters. The van der Waals surface area contributed by atoms with Crippen LogP contribution in [0.2, 0.25) is 5.02 Å². The van der Waals surface area contributed by atoms with Crippen molar-refractivity contribution >= 4 is 23.5 Å². The monoisotopic (exact) mass is 592 g/mol. The van der Waals surface area contributed by atoms with Crippen molar-refractivity contribution in [1.82, 2.24) is 9.80 Å². The summed E-state index contributed by atoms with van der Waals surface area (Å²) in [4.78, 5) is 30.5. The van der Waals surface area contributed by atoms with Gasteiger partial charge in [-0.05, 0) is 75.5 Å². The summed E-state index contributed by atoms with van der Waals surface area (Å²) in [6, 6.07) is 7.07. The second kappa shape index (κ2) is 15.2. The normalized spacial score (nSPS) is 22.6. The fourth-order valence-electron chi connectivity index (χ4n) is 5.09. The molecule has 4 rings (SSSR count). The number of halogens is 2. The Labute approximate surface area is 245 Å². The second-order valence-corrected chi connectivity index (χ2v) is 10.6. The summed E-state index contributed by atoms with van der Waals surface area (Å²) in [6.07, 6.45) is 3.08. The molecule has 9 nitrogen and oxygen atoms in total. The number of rotatable bonds is 4. The Morgan fingerprint density at radius 2 is 1.63 bits per heavy atom. The fraction of sp³-hybridized carbons (Fsp3) is 0.533. The maximum atomic E-state index is 14.0. The van der Waals surface area contributed by atoms with Gasteiger partial charge >= 0.3 is 11.9 Å². The number of methoxy groups -OCH3 is 2. The van der Waals surface area contributed by atoms with Gasteiger partial charge in [0.15, 0.2) is 11.5 Å². The quantitative estimate of drug-likeness (QED) is 0.463. The molecule has 0 amide bonds. The van der Waals surface area contributed by atoms with E-state index in [4.69, 9.17) is 35.3 Å². The van der Waals surface area contributed by atoms with E-state index in [0.29, 0.717) is 48.7 Å². The zero-order chi connectivity index (χ0) is 29.2. The lowest BCUT2D eigenvalue weighted by Crippen LogP contribution is -2.34. The molecule has 0 saturated carbocycles. The third kappa shape index (κ3) is 8.70. The van der Waals surface area contributed by atoms with Crippen LogP contribution in [0.5, 0.6) is 17.2 Å². The smallest absolute Gasteiger partial charge is 0.338 e. The van der Waals surface area contributed by atoms with Crippen LogP contribution >= 0.6 is 11.6 Å². The van der Waals surface area contributed by atoms with E-state index in [2.05, 4.69) is 9.80 Å². The Balaban J connectivity index is 1.51. The number of carbonyl (C=O) groups is 2. The van der Waals surface area contributed by atoms with E-state index < -0.39 is 23.9 Å². The summed E-state index contributed by atoms with van der Waals surface area (Å²) in [7, 11) is 2.99. The van der Waals surface area contributed by atoms with Gasteiger partial charge in [-0.3, -0.25) is 0 Å². The largest absolute Gasteiger partial charge is 0.493 e. The fourth-order valence-corrected chi connectivity index (χ4v) is 5.20. The van der Waals surface area contributed by atoms with E-state index in [9.17, 15) is 14.0 Å². The summed E-state index contributed by atoms with van der Waals surface area (Å²) >= 11 is 5.78.